The Hall–Kier alpha value is -3.44. The maximum atomic E-state index is 12.5. The molecule has 31 heavy (non-hydrogen) atoms. The standard InChI is InChI=1S/C19H22F3N5O4/c1-4-14(28)26-18-24-11(3)8-13(25-18)16(29)23-9-12-6-7-15(27-17(12)30-5-2)31-10-19(20,21)22/h6-8H,4-5,9-10H2,1-3H3,(H,23,29)(H,24,25,26,28). The van der Waals surface area contributed by atoms with Crippen molar-refractivity contribution in [2.75, 3.05) is 18.5 Å². The van der Waals surface area contributed by atoms with E-state index in [1.54, 1.807) is 20.8 Å². The molecule has 0 unspecified atom stereocenters. The molecule has 0 saturated heterocycles. The lowest BCUT2D eigenvalue weighted by Gasteiger charge is -2.13. The highest BCUT2D eigenvalue weighted by Crippen LogP contribution is 2.22. The number of pyridine rings is 1. The van der Waals surface area contributed by atoms with Crippen molar-refractivity contribution >= 4 is 17.8 Å². The maximum Gasteiger partial charge on any atom is 0.422 e. The summed E-state index contributed by atoms with van der Waals surface area (Å²) in [6.07, 6.45) is -4.26. The number of hydrogen-bond donors (Lipinski definition) is 2. The summed E-state index contributed by atoms with van der Waals surface area (Å²) in [7, 11) is 0. The van der Waals surface area contributed by atoms with Crippen molar-refractivity contribution in [2.24, 2.45) is 0 Å². The maximum absolute atomic E-state index is 12.5. The van der Waals surface area contributed by atoms with E-state index in [4.69, 9.17) is 4.74 Å². The Kier molecular flexibility index (Phi) is 8.11. The summed E-state index contributed by atoms with van der Waals surface area (Å²) in [5.41, 5.74) is 0.948. The second kappa shape index (κ2) is 10.5. The molecule has 0 bridgehead atoms. The zero-order valence-electron chi connectivity index (χ0n) is 17.2. The fraction of sp³-hybridized carbons (Fsp3) is 0.421. The highest BCUT2D eigenvalue weighted by Gasteiger charge is 2.28. The number of carbonyl (C=O) groups excluding carboxylic acids is 2. The van der Waals surface area contributed by atoms with E-state index in [1.807, 2.05) is 0 Å². The second-order valence-corrected chi connectivity index (χ2v) is 6.25. The second-order valence-electron chi connectivity index (χ2n) is 6.25. The molecule has 168 valence electrons. The van der Waals surface area contributed by atoms with Gasteiger partial charge < -0.3 is 14.8 Å². The number of carbonyl (C=O) groups is 2. The van der Waals surface area contributed by atoms with Gasteiger partial charge in [-0.2, -0.15) is 18.2 Å². The minimum absolute atomic E-state index is 0.0137. The fourth-order valence-electron chi connectivity index (χ4n) is 2.30. The Balaban J connectivity index is 2.11. The van der Waals surface area contributed by atoms with Crippen LogP contribution in [0.5, 0.6) is 11.8 Å². The number of alkyl halides is 3. The number of anilines is 1. The Labute approximate surface area is 176 Å². The van der Waals surface area contributed by atoms with Crippen LogP contribution in [0, 0.1) is 6.92 Å². The molecule has 0 atom stereocenters. The van der Waals surface area contributed by atoms with Crippen LogP contribution in [0.3, 0.4) is 0 Å². The average molecular weight is 441 g/mol. The number of hydrogen-bond acceptors (Lipinski definition) is 7. The van der Waals surface area contributed by atoms with E-state index in [2.05, 4.69) is 30.3 Å². The molecule has 2 rings (SSSR count). The van der Waals surface area contributed by atoms with Gasteiger partial charge in [0.05, 0.1) is 6.61 Å². The third-order valence-corrected chi connectivity index (χ3v) is 3.68. The number of halogens is 3. The van der Waals surface area contributed by atoms with Gasteiger partial charge in [0.15, 0.2) is 6.61 Å². The average Bonchev–Trinajstić information content (AvgIpc) is 2.70. The van der Waals surface area contributed by atoms with Crippen LogP contribution in [0.2, 0.25) is 0 Å². The Morgan fingerprint density at radius 1 is 1.10 bits per heavy atom. The molecule has 2 aromatic heterocycles. The van der Waals surface area contributed by atoms with Crippen molar-refractivity contribution in [3.8, 4) is 11.8 Å². The summed E-state index contributed by atoms with van der Waals surface area (Å²) in [4.78, 5) is 36.0. The van der Waals surface area contributed by atoms with Crippen LogP contribution in [0.25, 0.3) is 0 Å². The van der Waals surface area contributed by atoms with Crippen molar-refractivity contribution < 1.29 is 32.2 Å². The number of amides is 2. The van der Waals surface area contributed by atoms with Gasteiger partial charge >= 0.3 is 6.18 Å². The first-order valence-electron chi connectivity index (χ1n) is 9.37. The Morgan fingerprint density at radius 3 is 2.48 bits per heavy atom. The zero-order valence-corrected chi connectivity index (χ0v) is 17.2. The molecule has 0 aliphatic heterocycles. The normalized spacial score (nSPS) is 11.0. The van der Waals surface area contributed by atoms with Crippen LogP contribution in [0.15, 0.2) is 18.2 Å². The van der Waals surface area contributed by atoms with E-state index in [0.717, 1.165) is 0 Å². The number of rotatable bonds is 9. The summed E-state index contributed by atoms with van der Waals surface area (Å²) >= 11 is 0. The van der Waals surface area contributed by atoms with Crippen LogP contribution in [-0.2, 0) is 11.3 Å². The van der Waals surface area contributed by atoms with Gasteiger partial charge in [0, 0.05) is 30.3 Å². The molecule has 0 radical (unpaired) electrons. The van der Waals surface area contributed by atoms with Crippen molar-refractivity contribution in [1.29, 1.82) is 0 Å². The lowest BCUT2D eigenvalue weighted by molar-refractivity contribution is -0.154. The molecule has 0 fully saturated rings. The monoisotopic (exact) mass is 441 g/mol. The van der Waals surface area contributed by atoms with E-state index in [0.29, 0.717) is 11.3 Å². The molecule has 2 heterocycles. The van der Waals surface area contributed by atoms with Crippen LogP contribution < -0.4 is 20.1 Å². The molecule has 0 saturated carbocycles. The van der Waals surface area contributed by atoms with Gasteiger partial charge in [-0.3, -0.25) is 14.9 Å². The molecule has 0 spiro atoms. The first-order chi connectivity index (χ1) is 14.6. The van der Waals surface area contributed by atoms with Crippen LogP contribution in [0.4, 0.5) is 19.1 Å². The van der Waals surface area contributed by atoms with Gasteiger partial charge in [0.2, 0.25) is 23.6 Å². The van der Waals surface area contributed by atoms with Crippen LogP contribution >= 0.6 is 0 Å². The van der Waals surface area contributed by atoms with E-state index >= 15 is 0 Å². The molecule has 2 amide bonds. The summed E-state index contributed by atoms with van der Waals surface area (Å²) in [6.45, 7) is 3.70. The summed E-state index contributed by atoms with van der Waals surface area (Å²) in [5.74, 6) is -1.04. The molecule has 2 aromatic rings. The molecular formula is C19H22F3N5O4. The molecule has 12 heteroatoms. The lowest BCUT2D eigenvalue weighted by Crippen LogP contribution is -2.25. The van der Waals surface area contributed by atoms with Crippen LogP contribution in [0.1, 0.15) is 42.0 Å². The van der Waals surface area contributed by atoms with Gasteiger partial charge in [-0.15, -0.1) is 0 Å². The third-order valence-electron chi connectivity index (χ3n) is 3.68. The van der Waals surface area contributed by atoms with Crippen molar-refractivity contribution in [1.82, 2.24) is 20.3 Å². The third kappa shape index (κ3) is 7.72. The Bertz CT molecular complexity index is 937. The molecule has 0 aliphatic rings. The smallest absolute Gasteiger partial charge is 0.422 e. The fourth-order valence-corrected chi connectivity index (χ4v) is 2.30. The number of nitrogens with zero attached hydrogens (tertiary/aromatic N) is 3. The van der Waals surface area contributed by atoms with Gasteiger partial charge in [-0.1, -0.05) is 6.92 Å². The number of nitrogens with one attached hydrogen (secondary N) is 2. The van der Waals surface area contributed by atoms with Gasteiger partial charge in [-0.25, -0.2) is 9.97 Å². The lowest BCUT2D eigenvalue weighted by atomic mass is 10.2. The van der Waals surface area contributed by atoms with Crippen molar-refractivity contribution in [2.45, 2.75) is 39.9 Å². The predicted molar refractivity (Wildman–Crippen MR) is 104 cm³/mol. The SMILES string of the molecule is CCOc1nc(OCC(F)(F)F)ccc1CNC(=O)c1cc(C)nc(NC(=O)CC)n1. The minimum Gasteiger partial charge on any atom is -0.478 e. The van der Waals surface area contributed by atoms with Crippen LogP contribution in [-0.4, -0.2) is 46.2 Å². The molecule has 2 N–H and O–H groups in total. The summed E-state index contributed by atoms with van der Waals surface area (Å²) < 4.78 is 46.9. The first kappa shape index (κ1) is 23.8. The molecule has 9 nitrogen and oxygen atoms in total. The molecule has 0 aromatic carbocycles. The number of aromatic nitrogens is 3. The van der Waals surface area contributed by atoms with E-state index < -0.39 is 18.7 Å². The topological polar surface area (TPSA) is 115 Å². The van der Waals surface area contributed by atoms with E-state index in [-0.39, 0.29) is 48.9 Å². The largest absolute Gasteiger partial charge is 0.478 e. The van der Waals surface area contributed by atoms with Crippen molar-refractivity contribution in [3.63, 3.8) is 0 Å². The first-order valence-corrected chi connectivity index (χ1v) is 9.37. The highest BCUT2D eigenvalue weighted by atomic mass is 19.4. The summed E-state index contributed by atoms with van der Waals surface area (Å²) in [5, 5.41) is 5.12. The van der Waals surface area contributed by atoms with Gasteiger partial charge in [0.1, 0.15) is 5.69 Å². The number of ether oxygens (including phenoxy) is 2. The Morgan fingerprint density at radius 2 is 1.84 bits per heavy atom. The van der Waals surface area contributed by atoms with E-state index in [1.165, 1.54) is 18.2 Å². The highest BCUT2D eigenvalue weighted by molar-refractivity contribution is 5.93. The zero-order chi connectivity index (χ0) is 23.0. The molecule has 0 aliphatic carbocycles. The van der Waals surface area contributed by atoms with E-state index in [9.17, 15) is 22.8 Å². The minimum atomic E-state index is -4.49. The van der Waals surface area contributed by atoms with Gasteiger partial charge in [0.25, 0.3) is 5.91 Å². The van der Waals surface area contributed by atoms with Crippen molar-refractivity contribution in [3.05, 3.63) is 35.2 Å². The quantitative estimate of drug-likeness (QED) is 0.615. The molecular weight excluding hydrogens is 419 g/mol. The number of aryl methyl sites for hydroxylation is 1. The summed E-state index contributed by atoms with van der Waals surface area (Å²) in [6, 6.07) is 4.15. The van der Waals surface area contributed by atoms with Gasteiger partial charge in [-0.05, 0) is 26.0 Å². The predicted octanol–water partition coefficient (Wildman–Crippen LogP) is 2.80.